The molecule has 2 aromatic rings. The van der Waals surface area contributed by atoms with Crippen molar-refractivity contribution in [3.8, 4) is 11.5 Å². The first-order chi connectivity index (χ1) is 14.3. The number of nitrogens with zero attached hydrogens (tertiary/aromatic N) is 1. The Bertz CT molecular complexity index is 1010. The van der Waals surface area contributed by atoms with Crippen LogP contribution in [0.15, 0.2) is 41.3 Å². The van der Waals surface area contributed by atoms with Crippen molar-refractivity contribution in [2.75, 3.05) is 32.6 Å². The van der Waals surface area contributed by atoms with Crippen LogP contribution in [0.25, 0.3) is 0 Å². The van der Waals surface area contributed by atoms with Gasteiger partial charge in [-0.05, 0) is 50.5 Å². The van der Waals surface area contributed by atoms with E-state index in [0.29, 0.717) is 43.1 Å². The average molecular weight is 433 g/mol. The summed E-state index contributed by atoms with van der Waals surface area (Å²) in [6.07, 6.45) is 0.951. The van der Waals surface area contributed by atoms with Gasteiger partial charge in [-0.1, -0.05) is 17.7 Å². The molecule has 1 saturated heterocycles. The Morgan fingerprint density at radius 3 is 2.13 bits per heavy atom. The Labute approximate surface area is 178 Å². The molecular formula is C22H28N2O5S. The molecule has 1 fully saturated rings. The van der Waals surface area contributed by atoms with E-state index >= 15 is 0 Å². The van der Waals surface area contributed by atoms with Gasteiger partial charge in [0, 0.05) is 30.8 Å². The fourth-order valence-electron chi connectivity index (χ4n) is 3.57. The van der Waals surface area contributed by atoms with Gasteiger partial charge in [0.05, 0.1) is 19.1 Å². The molecular weight excluding hydrogens is 404 g/mol. The molecule has 162 valence electrons. The minimum atomic E-state index is -3.54. The number of nitrogens with one attached hydrogen (secondary N) is 1. The number of methoxy groups -OCH3 is 2. The average Bonchev–Trinajstić information content (AvgIpc) is 2.75. The van der Waals surface area contributed by atoms with Crippen molar-refractivity contribution in [3.05, 3.63) is 47.5 Å². The van der Waals surface area contributed by atoms with E-state index in [0.717, 1.165) is 11.1 Å². The van der Waals surface area contributed by atoms with Crippen LogP contribution in [0.4, 0.5) is 5.69 Å². The summed E-state index contributed by atoms with van der Waals surface area (Å²) in [5.41, 5.74) is 2.53. The van der Waals surface area contributed by atoms with Crippen LogP contribution in [0.1, 0.15) is 24.0 Å². The van der Waals surface area contributed by atoms with Crippen molar-refractivity contribution in [1.82, 2.24) is 4.31 Å². The topological polar surface area (TPSA) is 84.9 Å². The molecule has 1 heterocycles. The molecule has 0 bridgehead atoms. The smallest absolute Gasteiger partial charge is 0.243 e. The van der Waals surface area contributed by atoms with Crippen LogP contribution in [0.5, 0.6) is 11.5 Å². The summed E-state index contributed by atoms with van der Waals surface area (Å²) < 4.78 is 37.7. The molecule has 8 heteroatoms. The molecule has 1 amide bonds. The summed E-state index contributed by atoms with van der Waals surface area (Å²) in [5, 5.41) is 2.95. The molecule has 1 N–H and O–H groups in total. The molecule has 3 rings (SSSR count). The SMILES string of the molecule is COc1cc(C)c(NC(=O)C2CCN(S(=O)(=O)c3ccc(C)cc3)CC2)cc1OC. The zero-order chi connectivity index (χ0) is 21.9. The molecule has 2 aromatic carbocycles. The quantitative estimate of drug-likeness (QED) is 0.757. The number of hydrogen-bond donors (Lipinski definition) is 1. The third kappa shape index (κ3) is 4.60. The van der Waals surface area contributed by atoms with Gasteiger partial charge in [0.25, 0.3) is 0 Å². The minimum absolute atomic E-state index is 0.113. The van der Waals surface area contributed by atoms with E-state index in [4.69, 9.17) is 9.47 Å². The maximum atomic E-state index is 12.8. The standard InChI is InChI=1S/C22H28N2O5S/c1-15-5-7-18(8-6-15)30(26,27)24-11-9-17(10-12-24)22(25)23-19-14-21(29-4)20(28-3)13-16(19)2/h5-8,13-14,17H,9-12H2,1-4H3,(H,23,25). The van der Waals surface area contributed by atoms with Crippen molar-refractivity contribution < 1.29 is 22.7 Å². The Kier molecular flexibility index (Phi) is 6.67. The third-order valence-corrected chi connectivity index (χ3v) is 7.38. The van der Waals surface area contributed by atoms with E-state index in [9.17, 15) is 13.2 Å². The van der Waals surface area contributed by atoms with Crippen molar-refractivity contribution in [2.24, 2.45) is 5.92 Å². The highest BCUT2D eigenvalue weighted by atomic mass is 32.2. The van der Waals surface area contributed by atoms with Crippen LogP contribution >= 0.6 is 0 Å². The molecule has 1 aliphatic rings. The van der Waals surface area contributed by atoms with Gasteiger partial charge >= 0.3 is 0 Å². The second-order valence-corrected chi connectivity index (χ2v) is 9.44. The molecule has 0 atom stereocenters. The largest absolute Gasteiger partial charge is 0.493 e. The maximum Gasteiger partial charge on any atom is 0.243 e. The Balaban J connectivity index is 1.65. The molecule has 0 aliphatic carbocycles. The second kappa shape index (κ2) is 9.06. The van der Waals surface area contributed by atoms with Gasteiger partial charge in [0.15, 0.2) is 11.5 Å². The van der Waals surface area contributed by atoms with Crippen LogP contribution < -0.4 is 14.8 Å². The number of benzene rings is 2. The highest BCUT2D eigenvalue weighted by molar-refractivity contribution is 7.89. The highest BCUT2D eigenvalue weighted by Gasteiger charge is 2.32. The zero-order valence-electron chi connectivity index (χ0n) is 17.8. The number of piperidine rings is 1. The number of anilines is 1. The lowest BCUT2D eigenvalue weighted by molar-refractivity contribution is -0.120. The molecule has 0 radical (unpaired) electrons. The lowest BCUT2D eigenvalue weighted by atomic mass is 9.97. The number of amides is 1. The van der Waals surface area contributed by atoms with Crippen molar-refractivity contribution in [3.63, 3.8) is 0 Å². The van der Waals surface area contributed by atoms with E-state index in [-0.39, 0.29) is 16.7 Å². The number of hydrogen-bond acceptors (Lipinski definition) is 5. The monoisotopic (exact) mass is 432 g/mol. The van der Waals surface area contributed by atoms with E-state index in [1.165, 1.54) is 4.31 Å². The van der Waals surface area contributed by atoms with Crippen LogP contribution in [0.2, 0.25) is 0 Å². The first-order valence-electron chi connectivity index (χ1n) is 9.86. The Morgan fingerprint density at radius 2 is 1.57 bits per heavy atom. The summed E-state index contributed by atoms with van der Waals surface area (Å²) in [6, 6.07) is 10.4. The second-order valence-electron chi connectivity index (χ2n) is 7.50. The van der Waals surface area contributed by atoms with Crippen LogP contribution in [0.3, 0.4) is 0 Å². The lowest BCUT2D eigenvalue weighted by Crippen LogP contribution is -2.41. The summed E-state index contributed by atoms with van der Waals surface area (Å²) in [6.45, 7) is 4.44. The van der Waals surface area contributed by atoms with E-state index in [1.54, 1.807) is 44.6 Å². The number of carbonyl (C=O) groups excluding carboxylic acids is 1. The van der Waals surface area contributed by atoms with Gasteiger partial charge < -0.3 is 14.8 Å². The van der Waals surface area contributed by atoms with Gasteiger partial charge in [-0.3, -0.25) is 4.79 Å². The fraction of sp³-hybridized carbons (Fsp3) is 0.409. The van der Waals surface area contributed by atoms with Crippen LogP contribution in [-0.4, -0.2) is 45.9 Å². The molecule has 0 unspecified atom stereocenters. The Morgan fingerprint density at radius 1 is 1.00 bits per heavy atom. The molecule has 0 spiro atoms. The zero-order valence-corrected chi connectivity index (χ0v) is 18.6. The summed E-state index contributed by atoms with van der Waals surface area (Å²) >= 11 is 0. The summed E-state index contributed by atoms with van der Waals surface area (Å²) in [4.78, 5) is 13.1. The van der Waals surface area contributed by atoms with E-state index < -0.39 is 10.0 Å². The summed E-state index contributed by atoms with van der Waals surface area (Å²) in [7, 11) is -0.431. The van der Waals surface area contributed by atoms with E-state index in [2.05, 4.69) is 5.32 Å². The molecule has 0 aromatic heterocycles. The lowest BCUT2D eigenvalue weighted by Gasteiger charge is -2.30. The van der Waals surface area contributed by atoms with Crippen LogP contribution in [-0.2, 0) is 14.8 Å². The van der Waals surface area contributed by atoms with E-state index in [1.807, 2.05) is 19.9 Å². The van der Waals surface area contributed by atoms with Gasteiger partial charge in [0.1, 0.15) is 0 Å². The first kappa shape index (κ1) is 22.1. The molecule has 1 aliphatic heterocycles. The van der Waals surface area contributed by atoms with Crippen molar-refractivity contribution in [1.29, 1.82) is 0 Å². The molecule has 30 heavy (non-hydrogen) atoms. The predicted molar refractivity (Wildman–Crippen MR) is 116 cm³/mol. The number of aryl methyl sites for hydroxylation is 2. The first-order valence-corrected chi connectivity index (χ1v) is 11.3. The summed E-state index contributed by atoms with van der Waals surface area (Å²) in [5.74, 6) is 0.777. The fourth-order valence-corrected chi connectivity index (χ4v) is 5.04. The third-order valence-electron chi connectivity index (χ3n) is 5.47. The highest BCUT2D eigenvalue weighted by Crippen LogP contribution is 2.33. The van der Waals surface area contributed by atoms with Gasteiger partial charge in [0.2, 0.25) is 15.9 Å². The van der Waals surface area contributed by atoms with Crippen molar-refractivity contribution in [2.45, 2.75) is 31.6 Å². The van der Waals surface area contributed by atoms with Gasteiger partial charge in [-0.25, -0.2) is 8.42 Å². The number of ether oxygens (including phenoxy) is 2. The number of rotatable bonds is 6. The number of sulfonamides is 1. The van der Waals surface area contributed by atoms with Crippen LogP contribution in [0, 0.1) is 19.8 Å². The Hall–Kier alpha value is -2.58. The van der Waals surface area contributed by atoms with Crippen molar-refractivity contribution >= 4 is 21.6 Å². The normalized spacial score (nSPS) is 15.6. The predicted octanol–water partition coefficient (Wildman–Crippen LogP) is 3.36. The minimum Gasteiger partial charge on any atom is -0.493 e. The maximum absolute atomic E-state index is 12.8. The van der Waals surface area contributed by atoms with Gasteiger partial charge in [-0.2, -0.15) is 4.31 Å². The molecule has 0 saturated carbocycles. The number of carbonyl (C=O) groups is 1. The van der Waals surface area contributed by atoms with Gasteiger partial charge in [-0.15, -0.1) is 0 Å². The molecule has 7 nitrogen and oxygen atoms in total.